The van der Waals surface area contributed by atoms with Crippen LogP contribution >= 0.6 is 0 Å². The van der Waals surface area contributed by atoms with E-state index < -0.39 is 0 Å². The topological polar surface area (TPSA) is 41.5 Å². The molecule has 2 rings (SSSR count). The van der Waals surface area contributed by atoms with Crippen LogP contribution in [-0.2, 0) is 0 Å². The number of hydrazone groups is 1. The fourth-order valence-electron chi connectivity index (χ4n) is 1.56. The second-order valence-electron chi connectivity index (χ2n) is 2.93. The van der Waals surface area contributed by atoms with Gasteiger partial charge < -0.3 is 5.43 Å². The lowest BCUT2D eigenvalue weighted by atomic mass is 10.1. The summed E-state index contributed by atoms with van der Waals surface area (Å²) in [5.41, 5.74) is 5.29. The number of ketones is 1. The van der Waals surface area contributed by atoms with Gasteiger partial charge in [-0.25, -0.2) is 0 Å². The fourth-order valence-corrected chi connectivity index (χ4v) is 1.56. The molecule has 3 nitrogen and oxygen atoms in total. The molecule has 0 heterocycles. The Hall–Kier alpha value is -1.64. The van der Waals surface area contributed by atoms with Crippen molar-refractivity contribution in [1.82, 2.24) is 5.43 Å². The molecule has 0 aliphatic heterocycles. The van der Waals surface area contributed by atoms with E-state index in [2.05, 4.69) is 10.5 Å². The van der Waals surface area contributed by atoms with Crippen molar-refractivity contribution in [1.29, 1.82) is 0 Å². The van der Waals surface area contributed by atoms with E-state index in [9.17, 15) is 4.79 Å². The average molecular weight is 174 g/mol. The van der Waals surface area contributed by atoms with Gasteiger partial charge in [0.2, 0.25) is 0 Å². The minimum Gasteiger partial charge on any atom is -0.313 e. The van der Waals surface area contributed by atoms with Gasteiger partial charge in [-0.1, -0.05) is 24.3 Å². The highest BCUT2D eigenvalue weighted by molar-refractivity contribution is 6.26. The van der Waals surface area contributed by atoms with Crippen LogP contribution in [0.25, 0.3) is 0 Å². The molecule has 0 fully saturated rings. The van der Waals surface area contributed by atoms with Gasteiger partial charge in [0.15, 0.2) is 5.78 Å². The summed E-state index contributed by atoms with van der Waals surface area (Å²) in [7, 11) is 1.73. The van der Waals surface area contributed by atoms with Crippen LogP contribution < -0.4 is 5.43 Å². The van der Waals surface area contributed by atoms with E-state index in [1.807, 2.05) is 24.3 Å². The number of benzene rings is 1. The molecule has 13 heavy (non-hydrogen) atoms. The maximum atomic E-state index is 11.4. The molecular weight excluding hydrogens is 164 g/mol. The van der Waals surface area contributed by atoms with Gasteiger partial charge in [0, 0.05) is 18.2 Å². The van der Waals surface area contributed by atoms with Crippen LogP contribution in [-0.4, -0.2) is 18.5 Å². The monoisotopic (exact) mass is 174 g/mol. The second kappa shape index (κ2) is 3.01. The van der Waals surface area contributed by atoms with E-state index in [1.165, 1.54) is 0 Å². The van der Waals surface area contributed by atoms with Crippen molar-refractivity contribution in [2.24, 2.45) is 5.10 Å². The third-order valence-corrected chi connectivity index (χ3v) is 2.11. The molecule has 0 saturated heterocycles. The quantitative estimate of drug-likeness (QED) is 0.650. The van der Waals surface area contributed by atoms with Crippen LogP contribution in [0.2, 0.25) is 0 Å². The van der Waals surface area contributed by atoms with Crippen molar-refractivity contribution in [2.45, 2.75) is 6.42 Å². The number of fused-ring (bicyclic) bond motifs is 1. The number of carbonyl (C=O) groups excluding carboxylic acids is 1. The number of nitrogens with zero attached hydrogens (tertiary/aromatic N) is 1. The first kappa shape index (κ1) is 7.98. The van der Waals surface area contributed by atoms with Crippen molar-refractivity contribution < 1.29 is 4.79 Å². The third kappa shape index (κ3) is 1.22. The highest BCUT2D eigenvalue weighted by atomic mass is 16.1. The summed E-state index contributed by atoms with van der Waals surface area (Å²) >= 11 is 0. The summed E-state index contributed by atoms with van der Waals surface area (Å²) < 4.78 is 0. The number of nitrogens with one attached hydrogen (secondary N) is 1. The zero-order valence-corrected chi connectivity index (χ0v) is 7.37. The molecule has 1 aliphatic rings. The van der Waals surface area contributed by atoms with Crippen LogP contribution in [0.4, 0.5) is 0 Å². The van der Waals surface area contributed by atoms with Gasteiger partial charge in [-0.2, -0.15) is 5.10 Å². The van der Waals surface area contributed by atoms with E-state index in [4.69, 9.17) is 0 Å². The highest BCUT2D eigenvalue weighted by Gasteiger charge is 2.24. The first-order valence-corrected chi connectivity index (χ1v) is 4.19. The van der Waals surface area contributed by atoms with Crippen LogP contribution in [0.5, 0.6) is 0 Å². The van der Waals surface area contributed by atoms with Gasteiger partial charge in [0.05, 0.1) is 12.1 Å². The Balaban J connectivity index is 2.53. The number of hydrogen-bond acceptors (Lipinski definition) is 3. The van der Waals surface area contributed by atoms with Gasteiger partial charge in [0.25, 0.3) is 0 Å². The van der Waals surface area contributed by atoms with Gasteiger partial charge in [-0.15, -0.1) is 0 Å². The Labute approximate surface area is 76.5 Å². The van der Waals surface area contributed by atoms with Gasteiger partial charge in [-0.05, 0) is 0 Å². The molecule has 1 N–H and O–H groups in total. The van der Waals surface area contributed by atoms with E-state index in [1.54, 1.807) is 7.05 Å². The lowest BCUT2D eigenvalue weighted by Gasteiger charge is -1.96. The fraction of sp³-hybridized carbons (Fsp3) is 0.200. The van der Waals surface area contributed by atoms with Gasteiger partial charge in [-0.3, -0.25) is 4.79 Å². The molecule has 1 aromatic carbocycles. The SMILES string of the molecule is CN/N=C1/CC(=O)c2ccccc21. The molecule has 0 radical (unpaired) electrons. The van der Waals surface area contributed by atoms with Gasteiger partial charge >= 0.3 is 0 Å². The molecule has 3 heteroatoms. The number of rotatable bonds is 1. The first-order valence-electron chi connectivity index (χ1n) is 4.19. The summed E-state index contributed by atoms with van der Waals surface area (Å²) in [4.78, 5) is 11.4. The predicted octanol–water partition coefficient (Wildman–Crippen LogP) is 1.20. The predicted molar refractivity (Wildman–Crippen MR) is 51.0 cm³/mol. The van der Waals surface area contributed by atoms with Crippen LogP contribution in [0, 0.1) is 0 Å². The van der Waals surface area contributed by atoms with E-state index in [0.717, 1.165) is 16.8 Å². The molecule has 0 bridgehead atoms. The minimum atomic E-state index is 0.157. The maximum Gasteiger partial charge on any atom is 0.169 e. The molecule has 1 aromatic rings. The molecule has 0 amide bonds. The second-order valence-corrected chi connectivity index (χ2v) is 2.93. The third-order valence-electron chi connectivity index (χ3n) is 2.11. The van der Waals surface area contributed by atoms with Crippen LogP contribution in [0.3, 0.4) is 0 Å². The molecular formula is C10H10N2O. The summed E-state index contributed by atoms with van der Waals surface area (Å²) in [5.74, 6) is 0.157. The highest BCUT2D eigenvalue weighted by Crippen LogP contribution is 2.21. The van der Waals surface area contributed by atoms with E-state index in [0.29, 0.717) is 6.42 Å². The summed E-state index contributed by atoms with van der Waals surface area (Å²) in [6.45, 7) is 0. The molecule has 0 unspecified atom stereocenters. The summed E-state index contributed by atoms with van der Waals surface area (Å²) in [6.07, 6.45) is 0.417. The van der Waals surface area contributed by atoms with E-state index in [-0.39, 0.29) is 5.78 Å². The zero-order valence-electron chi connectivity index (χ0n) is 7.37. The Morgan fingerprint density at radius 3 is 2.69 bits per heavy atom. The largest absolute Gasteiger partial charge is 0.313 e. The Morgan fingerprint density at radius 2 is 2.00 bits per heavy atom. The number of Topliss-reactive ketones (excluding diaryl/α,β-unsaturated/α-hetero) is 1. The lowest BCUT2D eigenvalue weighted by molar-refractivity contribution is 0.101. The normalized spacial score (nSPS) is 17.6. The Morgan fingerprint density at radius 1 is 1.31 bits per heavy atom. The molecule has 1 aliphatic carbocycles. The Kier molecular flexibility index (Phi) is 1.85. The molecule has 0 spiro atoms. The maximum absolute atomic E-state index is 11.4. The standard InChI is InChI=1S/C10H10N2O/c1-11-12-9-6-10(13)8-5-3-2-4-7(8)9/h2-5,11H,6H2,1H3/b12-9-. The minimum absolute atomic E-state index is 0.157. The van der Waals surface area contributed by atoms with Crippen LogP contribution in [0.1, 0.15) is 22.3 Å². The van der Waals surface area contributed by atoms with E-state index >= 15 is 0 Å². The van der Waals surface area contributed by atoms with Crippen molar-refractivity contribution in [3.05, 3.63) is 35.4 Å². The van der Waals surface area contributed by atoms with Crippen LogP contribution in [0.15, 0.2) is 29.4 Å². The van der Waals surface area contributed by atoms with Crippen molar-refractivity contribution >= 4 is 11.5 Å². The average Bonchev–Trinajstić information content (AvgIpc) is 2.46. The molecule has 0 saturated carbocycles. The van der Waals surface area contributed by atoms with Crippen molar-refractivity contribution in [3.8, 4) is 0 Å². The van der Waals surface area contributed by atoms with Crippen molar-refractivity contribution in [3.63, 3.8) is 0 Å². The van der Waals surface area contributed by atoms with Crippen molar-refractivity contribution in [2.75, 3.05) is 7.05 Å². The first-order chi connectivity index (χ1) is 6.33. The molecule has 0 atom stereocenters. The molecule has 66 valence electrons. The smallest absolute Gasteiger partial charge is 0.169 e. The lowest BCUT2D eigenvalue weighted by Crippen LogP contribution is -2.03. The number of carbonyl (C=O) groups is 1. The number of hydrogen-bond donors (Lipinski definition) is 1. The zero-order chi connectivity index (χ0) is 9.26. The summed E-state index contributed by atoms with van der Waals surface area (Å²) in [6, 6.07) is 7.56. The van der Waals surface area contributed by atoms with Gasteiger partial charge in [0.1, 0.15) is 0 Å². The summed E-state index contributed by atoms with van der Waals surface area (Å²) in [5, 5.41) is 4.06. The Bertz CT molecular complexity index is 382. The molecule has 0 aromatic heterocycles.